The molecule has 68 heavy (non-hydrogen) atoms. The highest BCUT2D eigenvalue weighted by Crippen LogP contribution is 2.40. The third-order valence-corrected chi connectivity index (χ3v) is 12.2. The number of benzene rings is 2. The molecule has 7 rings (SSSR count). The minimum Gasteiger partial charge on any atom is -0.480 e. The molecule has 5 N–H and O–H groups in total. The van der Waals surface area contributed by atoms with Gasteiger partial charge in [-0.1, -0.05) is 44.4 Å². The minimum absolute atomic E-state index is 0.00817. The molecule has 5 atom stereocenters. The quantitative estimate of drug-likeness (QED) is 0.0675. The van der Waals surface area contributed by atoms with Crippen LogP contribution in [0.15, 0.2) is 79.3 Å². The molecule has 18 nitrogen and oxygen atoms in total. The van der Waals surface area contributed by atoms with Crippen molar-refractivity contribution in [2.45, 2.75) is 103 Å². The van der Waals surface area contributed by atoms with Gasteiger partial charge in [0, 0.05) is 79.9 Å². The van der Waals surface area contributed by atoms with Crippen LogP contribution in [0.1, 0.15) is 87.2 Å². The van der Waals surface area contributed by atoms with E-state index < -0.39 is 34.2 Å². The van der Waals surface area contributed by atoms with Gasteiger partial charge in [0.05, 0.1) is 24.6 Å². The number of likely N-dealkylation sites (N-methyl/N-ethyl adjacent to an activating group) is 1. The Morgan fingerprint density at radius 3 is 2.31 bits per heavy atom. The number of aliphatic carboxylic acids is 1. The molecule has 2 amide bonds. The summed E-state index contributed by atoms with van der Waals surface area (Å²) in [6.07, 6.45) is 11.8. The number of piperazine rings is 1. The van der Waals surface area contributed by atoms with Crippen LogP contribution in [-0.2, 0) is 35.8 Å². The van der Waals surface area contributed by atoms with Crippen molar-refractivity contribution in [2.24, 2.45) is 5.92 Å². The SMILES string of the molecule is CCC[C@H](N[C@@H](C)C(=O)N1[C@H](C(=O)O)C[C@@H]2CCCC[C@@H]21)C(=O)OCC.CS(=O)(=O)O.Cc1ccc(NC(=O)c2ccc(CN3CCN(C)CC3)cc2)cc1Nc1nccc(-c2cccnc2)n1. The summed E-state index contributed by atoms with van der Waals surface area (Å²) >= 11 is 0. The maximum absolute atomic E-state index is 13.1. The Bertz CT molecular complexity index is 2390. The van der Waals surface area contributed by atoms with Crippen molar-refractivity contribution >= 4 is 51.2 Å². The predicted octanol–water partition coefficient (Wildman–Crippen LogP) is 6.03. The second-order valence-corrected chi connectivity index (χ2v) is 19.0. The number of hydrogen-bond acceptors (Lipinski definition) is 14. The summed E-state index contributed by atoms with van der Waals surface area (Å²) in [6.45, 7) is 13.0. The molecular weight excluding hydrogens is 891 g/mol. The lowest BCUT2D eigenvalue weighted by Crippen LogP contribution is -2.55. The van der Waals surface area contributed by atoms with Gasteiger partial charge < -0.3 is 30.3 Å². The van der Waals surface area contributed by atoms with Gasteiger partial charge in [-0.15, -0.1) is 0 Å². The number of hydrogen-bond donors (Lipinski definition) is 5. The first-order valence-corrected chi connectivity index (χ1v) is 25.1. The van der Waals surface area contributed by atoms with Crippen LogP contribution < -0.4 is 16.0 Å². The molecule has 4 heterocycles. The van der Waals surface area contributed by atoms with Gasteiger partial charge in [0.2, 0.25) is 11.9 Å². The van der Waals surface area contributed by atoms with Crippen molar-refractivity contribution in [3.8, 4) is 11.3 Å². The maximum atomic E-state index is 13.1. The number of fused-ring (bicyclic) bond motifs is 1. The molecule has 2 aromatic carbocycles. The summed E-state index contributed by atoms with van der Waals surface area (Å²) < 4.78 is 31.0. The zero-order valence-corrected chi connectivity index (χ0v) is 40.7. The Balaban J connectivity index is 0.000000243. The Morgan fingerprint density at radius 2 is 1.66 bits per heavy atom. The fraction of sp³-hybridized carbons (Fsp3) is 0.490. The monoisotopic (exact) mass is 957 g/mol. The van der Waals surface area contributed by atoms with Crippen molar-refractivity contribution in [3.05, 3.63) is 95.9 Å². The van der Waals surface area contributed by atoms with Crippen molar-refractivity contribution in [1.82, 2.24) is 35.0 Å². The van der Waals surface area contributed by atoms with E-state index in [2.05, 4.69) is 47.7 Å². The number of ether oxygens (including phenoxy) is 1. The van der Waals surface area contributed by atoms with E-state index in [1.807, 2.05) is 74.5 Å². The number of nitrogens with zero attached hydrogens (tertiary/aromatic N) is 6. The number of esters is 1. The van der Waals surface area contributed by atoms with Gasteiger partial charge in [-0.05, 0) is 113 Å². The van der Waals surface area contributed by atoms with Crippen molar-refractivity contribution in [1.29, 1.82) is 0 Å². The Labute approximate surface area is 400 Å². The number of carboxylic acid groups (broad SMARTS) is 1. The molecule has 2 saturated heterocycles. The van der Waals surface area contributed by atoms with E-state index in [-0.39, 0.29) is 29.7 Å². The smallest absolute Gasteiger partial charge is 0.326 e. The third kappa shape index (κ3) is 16.1. The number of carboxylic acids is 1. The first kappa shape index (κ1) is 53.1. The summed E-state index contributed by atoms with van der Waals surface area (Å²) in [4.78, 5) is 69.4. The van der Waals surface area contributed by atoms with Gasteiger partial charge in [-0.3, -0.25) is 34.1 Å². The summed E-state index contributed by atoms with van der Waals surface area (Å²) in [5, 5.41) is 19.0. The van der Waals surface area contributed by atoms with Crippen LogP contribution in [0.2, 0.25) is 0 Å². The molecule has 2 aromatic heterocycles. The van der Waals surface area contributed by atoms with Gasteiger partial charge in [0.1, 0.15) is 12.1 Å². The van der Waals surface area contributed by atoms with Gasteiger partial charge in [-0.2, -0.15) is 8.42 Å². The molecule has 0 radical (unpaired) electrons. The summed E-state index contributed by atoms with van der Waals surface area (Å²) in [5.41, 5.74) is 6.08. The molecule has 1 aliphatic carbocycles. The molecule has 368 valence electrons. The van der Waals surface area contributed by atoms with E-state index >= 15 is 0 Å². The van der Waals surface area contributed by atoms with Crippen molar-refractivity contribution in [3.63, 3.8) is 0 Å². The lowest BCUT2D eigenvalue weighted by Gasteiger charge is -2.35. The van der Waals surface area contributed by atoms with Crippen LogP contribution in [0, 0.1) is 12.8 Å². The molecule has 3 fully saturated rings. The van der Waals surface area contributed by atoms with Crippen LogP contribution in [-0.4, -0.2) is 142 Å². The number of amides is 2. The standard InChI is InChI=1S/C29H31N7O.C19H32N2O5.CH4O3S/c1-21-5-10-25(18-27(21)34-29-31-13-11-26(33-29)24-4-3-12-30-19-24)32-28(37)23-8-6-22(7-9-23)20-36-16-14-35(2)15-17-36;1-4-8-14(19(25)26-5-2)20-12(3)17(22)21-15-10-7-6-9-13(15)11-16(21)18(23)24;1-5(2,3)4/h3-13,18-19H,14-17,20H2,1-2H3,(H,32,37)(H,31,33,34);12-16,20H,4-11H2,1-3H3,(H,23,24);1H3,(H,2,3,4)/t;12-,13-,14-,15-,16-;/m.0./s1. The zero-order valence-electron chi connectivity index (χ0n) is 39.9. The van der Waals surface area contributed by atoms with Crippen LogP contribution in [0.4, 0.5) is 17.3 Å². The van der Waals surface area contributed by atoms with Gasteiger partial charge in [0.25, 0.3) is 16.0 Å². The lowest BCUT2D eigenvalue weighted by atomic mass is 9.84. The fourth-order valence-electron chi connectivity index (χ4n) is 8.67. The Kier molecular flexibility index (Phi) is 19.9. The number of likely N-dealkylation sites (tertiary alicyclic amines) is 1. The number of nitrogens with one attached hydrogen (secondary N) is 3. The molecule has 2 aliphatic heterocycles. The van der Waals surface area contributed by atoms with E-state index in [0.29, 0.717) is 42.9 Å². The van der Waals surface area contributed by atoms with Crippen LogP contribution in [0.3, 0.4) is 0 Å². The largest absolute Gasteiger partial charge is 0.480 e. The van der Waals surface area contributed by atoms with E-state index in [1.54, 1.807) is 37.3 Å². The van der Waals surface area contributed by atoms with Crippen molar-refractivity contribution < 1.29 is 42.0 Å². The molecule has 0 bridgehead atoms. The average Bonchev–Trinajstić information content (AvgIpc) is 3.71. The first-order chi connectivity index (χ1) is 32.4. The number of carbonyl (C=O) groups is 4. The lowest BCUT2D eigenvalue weighted by molar-refractivity contribution is -0.152. The van der Waals surface area contributed by atoms with Crippen LogP contribution in [0.25, 0.3) is 11.3 Å². The van der Waals surface area contributed by atoms with E-state index in [0.717, 1.165) is 87.3 Å². The number of anilines is 3. The molecular formula is C49H67N9O9S. The Hall–Kier alpha value is -5.86. The highest BCUT2D eigenvalue weighted by Gasteiger charge is 2.48. The third-order valence-electron chi connectivity index (χ3n) is 12.2. The van der Waals surface area contributed by atoms with Gasteiger partial charge in [0.15, 0.2) is 0 Å². The van der Waals surface area contributed by atoms with Gasteiger partial charge in [-0.25, -0.2) is 14.8 Å². The number of rotatable bonds is 15. The highest BCUT2D eigenvalue weighted by molar-refractivity contribution is 7.85. The summed E-state index contributed by atoms with van der Waals surface area (Å²) in [5.74, 6) is -0.912. The summed E-state index contributed by atoms with van der Waals surface area (Å²) in [6, 6.07) is 17.4. The number of carbonyl (C=O) groups excluding carboxylic acids is 3. The van der Waals surface area contributed by atoms with E-state index in [1.165, 1.54) is 5.56 Å². The molecule has 0 spiro atoms. The number of pyridine rings is 1. The second-order valence-electron chi connectivity index (χ2n) is 17.6. The minimum atomic E-state index is -3.67. The highest BCUT2D eigenvalue weighted by atomic mass is 32.2. The maximum Gasteiger partial charge on any atom is 0.326 e. The first-order valence-electron chi connectivity index (χ1n) is 23.3. The second kappa shape index (κ2) is 25.5. The molecule has 3 aliphatic rings. The molecule has 4 aromatic rings. The van der Waals surface area contributed by atoms with Gasteiger partial charge >= 0.3 is 11.9 Å². The topological polar surface area (TPSA) is 237 Å². The summed E-state index contributed by atoms with van der Waals surface area (Å²) in [7, 11) is -1.51. The molecule has 0 unspecified atom stereocenters. The zero-order chi connectivity index (χ0) is 49.4. The van der Waals surface area contributed by atoms with Crippen LogP contribution >= 0.6 is 0 Å². The van der Waals surface area contributed by atoms with Crippen molar-refractivity contribution in [2.75, 3.05) is 56.7 Å². The Morgan fingerprint density at radius 1 is 0.956 bits per heavy atom. The average molecular weight is 958 g/mol. The predicted molar refractivity (Wildman–Crippen MR) is 261 cm³/mol. The molecule has 1 saturated carbocycles. The van der Waals surface area contributed by atoms with E-state index in [4.69, 9.17) is 9.29 Å². The number of aromatic nitrogens is 3. The molecule has 19 heteroatoms. The van der Waals surface area contributed by atoms with Crippen LogP contribution in [0.5, 0.6) is 0 Å². The van der Waals surface area contributed by atoms with E-state index in [9.17, 15) is 32.7 Å². The fourth-order valence-corrected chi connectivity index (χ4v) is 8.67. The number of aryl methyl sites for hydroxylation is 1. The normalized spacial score (nSPS) is 19.2.